The summed E-state index contributed by atoms with van der Waals surface area (Å²) in [6.45, 7) is 0.329. The second kappa shape index (κ2) is 8.57. The van der Waals surface area contributed by atoms with Crippen LogP contribution in [0.4, 0.5) is 0 Å². The van der Waals surface area contributed by atoms with E-state index in [-0.39, 0.29) is 17.4 Å². The summed E-state index contributed by atoms with van der Waals surface area (Å²) in [4.78, 5) is 27.0. The molecule has 0 radical (unpaired) electrons. The normalized spacial score (nSPS) is 18.6. The van der Waals surface area contributed by atoms with Gasteiger partial charge in [0.1, 0.15) is 5.69 Å². The zero-order valence-electron chi connectivity index (χ0n) is 16.0. The second-order valence-electron chi connectivity index (χ2n) is 7.32. The molecule has 1 aliphatic heterocycles. The minimum absolute atomic E-state index is 0.0500. The van der Waals surface area contributed by atoms with E-state index in [1.807, 2.05) is 41.8 Å². The molecule has 2 aromatic heterocycles. The topological polar surface area (TPSA) is 88.9 Å². The third kappa shape index (κ3) is 4.89. The Morgan fingerprint density at radius 3 is 2.83 bits per heavy atom. The Morgan fingerprint density at radius 1 is 1.24 bits per heavy atom. The third-order valence-electron chi connectivity index (χ3n) is 5.15. The van der Waals surface area contributed by atoms with E-state index in [9.17, 15) is 9.59 Å². The van der Waals surface area contributed by atoms with E-state index in [1.165, 1.54) is 4.88 Å². The summed E-state index contributed by atoms with van der Waals surface area (Å²) in [6.07, 6.45) is 4.70. The summed E-state index contributed by atoms with van der Waals surface area (Å²) in [5.74, 6) is 0.0189. The van der Waals surface area contributed by atoms with E-state index < -0.39 is 0 Å². The number of nitrogens with zero attached hydrogens (tertiary/aromatic N) is 3. The van der Waals surface area contributed by atoms with Crippen molar-refractivity contribution in [2.24, 2.45) is 0 Å². The van der Waals surface area contributed by atoms with Crippen molar-refractivity contribution < 1.29 is 9.59 Å². The molecule has 0 saturated carbocycles. The van der Waals surface area contributed by atoms with Gasteiger partial charge < -0.3 is 10.6 Å². The lowest BCUT2D eigenvalue weighted by molar-refractivity contribution is -0.122. The zero-order chi connectivity index (χ0) is 20.1. The van der Waals surface area contributed by atoms with Crippen LogP contribution < -0.4 is 10.6 Å². The fourth-order valence-electron chi connectivity index (χ4n) is 3.62. The minimum atomic E-state index is -0.324. The number of rotatable bonds is 8. The van der Waals surface area contributed by atoms with Gasteiger partial charge in [-0.25, -0.2) is 0 Å². The summed E-state index contributed by atoms with van der Waals surface area (Å²) in [5, 5.41) is 16.7. The predicted octanol–water partition coefficient (Wildman–Crippen LogP) is 2.62. The molecule has 3 heterocycles. The monoisotopic (exact) mass is 409 g/mol. The first-order valence-electron chi connectivity index (χ1n) is 9.69. The number of thiophene rings is 1. The van der Waals surface area contributed by atoms with Crippen LogP contribution >= 0.6 is 11.3 Å². The maximum atomic E-state index is 12.4. The lowest BCUT2D eigenvalue weighted by Gasteiger charge is -2.28. The minimum Gasteiger partial charge on any atom is -0.350 e. The van der Waals surface area contributed by atoms with Crippen molar-refractivity contribution in [3.63, 3.8) is 0 Å². The van der Waals surface area contributed by atoms with Crippen molar-refractivity contribution in [3.8, 4) is 5.69 Å². The molecule has 2 amide bonds. The number of para-hydroxylation sites is 1. The zero-order valence-corrected chi connectivity index (χ0v) is 16.8. The average molecular weight is 410 g/mol. The summed E-state index contributed by atoms with van der Waals surface area (Å²) in [6, 6.07) is 13.7. The van der Waals surface area contributed by atoms with Gasteiger partial charge in [0, 0.05) is 29.7 Å². The predicted molar refractivity (Wildman–Crippen MR) is 111 cm³/mol. The molecule has 8 heteroatoms. The average Bonchev–Trinajstić information content (AvgIpc) is 3.48. The molecule has 1 aliphatic rings. The molecule has 4 rings (SSSR count). The highest BCUT2D eigenvalue weighted by molar-refractivity contribution is 7.09. The van der Waals surface area contributed by atoms with Crippen LogP contribution in [0.25, 0.3) is 5.69 Å². The number of amides is 2. The van der Waals surface area contributed by atoms with Gasteiger partial charge in [0.05, 0.1) is 18.4 Å². The summed E-state index contributed by atoms with van der Waals surface area (Å²) < 4.78 is 0. The van der Waals surface area contributed by atoms with Crippen LogP contribution in [-0.2, 0) is 22.6 Å². The van der Waals surface area contributed by atoms with E-state index >= 15 is 0 Å². The van der Waals surface area contributed by atoms with Gasteiger partial charge in [-0.1, -0.05) is 24.3 Å². The van der Waals surface area contributed by atoms with Crippen LogP contribution in [0.1, 0.15) is 36.3 Å². The molecule has 29 heavy (non-hydrogen) atoms. The molecule has 3 aromatic rings. The standard InChI is InChI=1S/C21H23N5O2S/c27-19(22-14-16-15-23-26(25-16)17-5-2-1-3-6-17)8-10-21(11-9-20(28)24-21)13-18-7-4-12-29-18/h1-7,12,15H,8-11,13-14H2,(H,22,27)(H,24,28)/t21-/m1/s1. The van der Waals surface area contributed by atoms with Crippen molar-refractivity contribution in [3.05, 3.63) is 64.6 Å². The number of nitrogens with one attached hydrogen (secondary N) is 2. The van der Waals surface area contributed by atoms with E-state index in [0.29, 0.717) is 31.5 Å². The quantitative estimate of drug-likeness (QED) is 0.599. The van der Waals surface area contributed by atoms with E-state index in [2.05, 4.69) is 26.9 Å². The Morgan fingerprint density at radius 2 is 2.10 bits per heavy atom. The first-order valence-corrected chi connectivity index (χ1v) is 10.6. The van der Waals surface area contributed by atoms with Crippen molar-refractivity contribution >= 4 is 23.2 Å². The summed E-state index contributed by atoms with van der Waals surface area (Å²) in [7, 11) is 0. The molecule has 1 atom stereocenters. The van der Waals surface area contributed by atoms with E-state index in [1.54, 1.807) is 22.3 Å². The fourth-order valence-corrected chi connectivity index (χ4v) is 4.47. The SMILES string of the molecule is O=C(CC[C@]1(Cc2cccs2)CCC(=O)N1)NCc1cnn(-c2ccccc2)n1. The van der Waals surface area contributed by atoms with Gasteiger partial charge in [0.15, 0.2) is 0 Å². The van der Waals surface area contributed by atoms with Crippen molar-refractivity contribution in [1.29, 1.82) is 0 Å². The number of benzene rings is 1. The van der Waals surface area contributed by atoms with Gasteiger partial charge in [-0.3, -0.25) is 9.59 Å². The Balaban J connectivity index is 1.30. The van der Waals surface area contributed by atoms with Crippen LogP contribution in [0.5, 0.6) is 0 Å². The molecule has 7 nitrogen and oxygen atoms in total. The van der Waals surface area contributed by atoms with Crippen LogP contribution in [0, 0.1) is 0 Å². The summed E-state index contributed by atoms with van der Waals surface area (Å²) >= 11 is 1.68. The van der Waals surface area contributed by atoms with Gasteiger partial charge in [-0.15, -0.1) is 11.3 Å². The van der Waals surface area contributed by atoms with Gasteiger partial charge >= 0.3 is 0 Å². The Labute approximate surface area is 173 Å². The number of carbonyl (C=O) groups is 2. The maximum absolute atomic E-state index is 12.4. The molecule has 1 aromatic carbocycles. The number of hydrogen-bond acceptors (Lipinski definition) is 5. The van der Waals surface area contributed by atoms with Crippen molar-refractivity contribution in [1.82, 2.24) is 25.6 Å². The van der Waals surface area contributed by atoms with E-state index in [0.717, 1.165) is 18.5 Å². The molecule has 1 saturated heterocycles. The van der Waals surface area contributed by atoms with Crippen molar-refractivity contribution in [2.45, 2.75) is 44.2 Å². The Bertz CT molecular complexity index is 970. The van der Waals surface area contributed by atoms with Crippen molar-refractivity contribution in [2.75, 3.05) is 0 Å². The highest BCUT2D eigenvalue weighted by Gasteiger charge is 2.38. The lowest BCUT2D eigenvalue weighted by atomic mass is 9.87. The van der Waals surface area contributed by atoms with Gasteiger partial charge in [0.25, 0.3) is 0 Å². The van der Waals surface area contributed by atoms with Gasteiger partial charge in [0.2, 0.25) is 11.8 Å². The van der Waals surface area contributed by atoms with Gasteiger partial charge in [-0.2, -0.15) is 15.0 Å². The molecule has 150 valence electrons. The molecule has 2 N–H and O–H groups in total. The van der Waals surface area contributed by atoms with Crippen LogP contribution in [0.15, 0.2) is 54.0 Å². The Kier molecular flexibility index (Phi) is 5.71. The van der Waals surface area contributed by atoms with Crippen LogP contribution in [0.2, 0.25) is 0 Å². The Hall–Kier alpha value is -3.00. The molecule has 0 bridgehead atoms. The largest absolute Gasteiger partial charge is 0.350 e. The number of carbonyl (C=O) groups excluding carboxylic acids is 2. The molecular formula is C21H23N5O2S. The first kappa shape index (κ1) is 19.3. The fraction of sp³-hybridized carbons (Fsp3) is 0.333. The maximum Gasteiger partial charge on any atom is 0.220 e. The number of aromatic nitrogens is 3. The number of hydrogen-bond donors (Lipinski definition) is 2. The highest BCUT2D eigenvalue weighted by atomic mass is 32.1. The molecular weight excluding hydrogens is 386 g/mol. The van der Waals surface area contributed by atoms with Crippen LogP contribution in [0.3, 0.4) is 0 Å². The molecule has 0 aliphatic carbocycles. The highest BCUT2D eigenvalue weighted by Crippen LogP contribution is 2.30. The second-order valence-corrected chi connectivity index (χ2v) is 8.35. The van der Waals surface area contributed by atoms with Crippen LogP contribution in [-0.4, -0.2) is 32.3 Å². The van der Waals surface area contributed by atoms with Gasteiger partial charge in [-0.05, 0) is 36.4 Å². The molecule has 1 fully saturated rings. The lowest BCUT2D eigenvalue weighted by Crippen LogP contribution is -2.44. The smallest absolute Gasteiger partial charge is 0.220 e. The van der Waals surface area contributed by atoms with E-state index in [4.69, 9.17) is 0 Å². The third-order valence-corrected chi connectivity index (χ3v) is 6.03. The first-order chi connectivity index (χ1) is 14.1. The summed E-state index contributed by atoms with van der Waals surface area (Å²) in [5.41, 5.74) is 1.25. The molecule has 0 unspecified atom stereocenters. The molecule has 0 spiro atoms.